The molecule has 0 bridgehead atoms. The summed E-state index contributed by atoms with van der Waals surface area (Å²) in [6, 6.07) is 5.53. The molecule has 1 aromatic rings. The molecule has 0 N–H and O–H groups in total. The van der Waals surface area contributed by atoms with Gasteiger partial charge in [-0.25, -0.2) is 0 Å². The second-order valence-electron chi connectivity index (χ2n) is 5.81. The topological polar surface area (TPSA) is 0 Å². The molecule has 0 aromatic heterocycles. The van der Waals surface area contributed by atoms with Gasteiger partial charge in [0.2, 0.25) is 0 Å². The van der Waals surface area contributed by atoms with Crippen molar-refractivity contribution in [2.45, 2.75) is 46.7 Å². The SMILES string of the molecule is CC(C)C(C)C(C)CCc1ccc(C(F)(F)F)cc1. The molecule has 0 amide bonds. The van der Waals surface area contributed by atoms with E-state index in [4.69, 9.17) is 0 Å². The molecule has 0 radical (unpaired) electrons. The monoisotopic (exact) mass is 272 g/mol. The van der Waals surface area contributed by atoms with Crippen molar-refractivity contribution in [1.82, 2.24) is 0 Å². The molecule has 1 aromatic carbocycles. The number of aryl methyl sites for hydroxylation is 1. The van der Waals surface area contributed by atoms with Crippen molar-refractivity contribution in [3.8, 4) is 0 Å². The van der Waals surface area contributed by atoms with Crippen molar-refractivity contribution in [2.75, 3.05) is 0 Å². The van der Waals surface area contributed by atoms with Crippen LogP contribution in [0, 0.1) is 17.8 Å². The number of hydrogen-bond acceptors (Lipinski definition) is 0. The fourth-order valence-corrected chi connectivity index (χ4v) is 2.17. The van der Waals surface area contributed by atoms with Crippen molar-refractivity contribution in [1.29, 1.82) is 0 Å². The number of benzene rings is 1. The minimum Gasteiger partial charge on any atom is -0.166 e. The van der Waals surface area contributed by atoms with Crippen LogP contribution in [0.25, 0.3) is 0 Å². The molecule has 0 spiro atoms. The standard InChI is InChI=1S/C16H23F3/c1-11(2)13(4)12(3)5-6-14-7-9-15(10-8-14)16(17,18)19/h7-13H,5-6H2,1-4H3. The fourth-order valence-electron chi connectivity index (χ4n) is 2.17. The van der Waals surface area contributed by atoms with Crippen LogP contribution in [0.5, 0.6) is 0 Å². The van der Waals surface area contributed by atoms with Crippen molar-refractivity contribution < 1.29 is 13.2 Å². The fraction of sp³-hybridized carbons (Fsp3) is 0.625. The van der Waals surface area contributed by atoms with Crippen molar-refractivity contribution in [2.24, 2.45) is 17.8 Å². The van der Waals surface area contributed by atoms with Crippen LogP contribution in [-0.4, -0.2) is 0 Å². The highest BCUT2D eigenvalue weighted by Crippen LogP contribution is 2.30. The molecule has 19 heavy (non-hydrogen) atoms. The summed E-state index contributed by atoms with van der Waals surface area (Å²) in [6.07, 6.45) is -2.38. The zero-order valence-corrected chi connectivity index (χ0v) is 12.1. The maximum Gasteiger partial charge on any atom is 0.416 e. The van der Waals surface area contributed by atoms with Gasteiger partial charge in [-0.1, -0.05) is 39.8 Å². The molecule has 2 atom stereocenters. The first kappa shape index (κ1) is 16.1. The van der Waals surface area contributed by atoms with Gasteiger partial charge >= 0.3 is 6.18 Å². The molecule has 108 valence electrons. The second kappa shape index (κ2) is 6.44. The Morgan fingerprint density at radius 3 is 1.89 bits per heavy atom. The van der Waals surface area contributed by atoms with Gasteiger partial charge in [0.1, 0.15) is 0 Å². The summed E-state index contributed by atoms with van der Waals surface area (Å²) in [5.74, 6) is 1.86. The van der Waals surface area contributed by atoms with E-state index < -0.39 is 11.7 Å². The van der Waals surface area contributed by atoms with E-state index in [2.05, 4.69) is 27.7 Å². The predicted octanol–water partition coefficient (Wildman–Crippen LogP) is 5.57. The highest BCUT2D eigenvalue weighted by molar-refractivity contribution is 5.24. The molecule has 0 nitrogen and oxygen atoms in total. The third-order valence-electron chi connectivity index (χ3n) is 4.12. The van der Waals surface area contributed by atoms with Gasteiger partial charge in [-0.2, -0.15) is 13.2 Å². The van der Waals surface area contributed by atoms with E-state index in [0.29, 0.717) is 17.8 Å². The maximum atomic E-state index is 12.4. The summed E-state index contributed by atoms with van der Waals surface area (Å²) in [5.41, 5.74) is 0.413. The number of halogens is 3. The van der Waals surface area contributed by atoms with Gasteiger partial charge in [0.25, 0.3) is 0 Å². The van der Waals surface area contributed by atoms with Gasteiger partial charge in [-0.05, 0) is 48.3 Å². The Hall–Kier alpha value is -0.990. The van der Waals surface area contributed by atoms with Crippen LogP contribution < -0.4 is 0 Å². The minimum absolute atomic E-state index is 0.570. The van der Waals surface area contributed by atoms with E-state index in [-0.39, 0.29) is 0 Å². The first-order valence-corrected chi connectivity index (χ1v) is 6.88. The first-order chi connectivity index (χ1) is 8.71. The summed E-state index contributed by atoms with van der Waals surface area (Å²) < 4.78 is 37.3. The summed E-state index contributed by atoms with van der Waals surface area (Å²) in [6.45, 7) is 8.87. The van der Waals surface area contributed by atoms with Crippen molar-refractivity contribution in [3.63, 3.8) is 0 Å². The molecular weight excluding hydrogens is 249 g/mol. The Labute approximate surface area is 114 Å². The van der Waals surface area contributed by atoms with Crippen LogP contribution in [0.1, 0.15) is 45.2 Å². The molecule has 0 aliphatic rings. The maximum absolute atomic E-state index is 12.4. The van der Waals surface area contributed by atoms with E-state index >= 15 is 0 Å². The van der Waals surface area contributed by atoms with E-state index in [1.54, 1.807) is 12.1 Å². The van der Waals surface area contributed by atoms with Crippen LogP contribution in [0.3, 0.4) is 0 Å². The summed E-state index contributed by atoms with van der Waals surface area (Å²) in [7, 11) is 0. The molecule has 0 aliphatic carbocycles. The lowest BCUT2D eigenvalue weighted by atomic mass is 9.83. The number of rotatable bonds is 5. The Bertz CT molecular complexity index is 376. The molecule has 0 heterocycles. The molecule has 0 saturated heterocycles. The van der Waals surface area contributed by atoms with Crippen molar-refractivity contribution in [3.05, 3.63) is 35.4 Å². The van der Waals surface area contributed by atoms with Crippen LogP contribution in [0.4, 0.5) is 13.2 Å². The lowest BCUT2D eigenvalue weighted by molar-refractivity contribution is -0.137. The van der Waals surface area contributed by atoms with Crippen LogP contribution in [0.15, 0.2) is 24.3 Å². The largest absolute Gasteiger partial charge is 0.416 e. The van der Waals surface area contributed by atoms with Gasteiger partial charge in [-0.3, -0.25) is 0 Å². The molecule has 0 fully saturated rings. The van der Waals surface area contributed by atoms with E-state index in [0.717, 1.165) is 18.4 Å². The van der Waals surface area contributed by atoms with Crippen molar-refractivity contribution >= 4 is 0 Å². The molecule has 3 heteroatoms. The van der Waals surface area contributed by atoms with E-state index in [9.17, 15) is 13.2 Å². The van der Waals surface area contributed by atoms with Gasteiger partial charge in [0.05, 0.1) is 5.56 Å². The Morgan fingerprint density at radius 2 is 1.47 bits per heavy atom. The first-order valence-electron chi connectivity index (χ1n) is 6.88. The zero-order chi connectivity index (χ0) is 14.6. The van der Waals surface area contributed by atoms with Gasteiger partial charge < -0.3 is 0 Å². The van der Waals surface area contributed by atoms with Gasteiger partial charge in [0, 0.05) is 0 Å². The molecule has 0 saturated carbocycles. The lowest BCUT2D eigenvalue weighted by Gasteiger charge is -2.23. The van der Waals surface area contributed by atoms with Crippen LogP contribution in [-0.2, 0) is 12.6 Å². The van der Waals surface area contributed by atoms with Crippen LogP contribution >= 0.6 is 0 Å². The lowest BCUT2D eigenvalue weighted by Crippen LogP contribution is -2.15. The average Bonchev–Trinajstić information content (AvgIpc) is 2.34. The number of hydrogen-bond donors (Lipinski definition) is 0. The molecule has 0 aliphatic heterocycles. The highest BCUT2D eigenvalue weighted by Gasteiger charge is 2.29. The molecular formula is C16H23F3. The summed E-state index contributed by atoms with van der Waals surface area (Å²) in [4.78, 5) is 0. The summed E-state index contributed by atoms with van der Waals surface area (Å²) in [5, 5.41) is 0. The smallest absolute Gasteiger partial charge is 0.166 e. The normalized spacial score (nSPS) is 15.6. The third kappa shape index (κ3) is 4.88. The Morgan fingerprint density at radius 1 is 0.947 bits per heavy atom. The predicted molar refractivity (Wildman–Crippen MR) is 72.9 cm³/mol. The Balaban J connectivity index is 2.55. The molecule has 2 unspecified atom stereocenters. The molecule has 1 rings (SSSR count). The minimum atomic E-state index is -4.24. The van der Waals surface area contributed by atoms with Gasteiger partial charge in [0.15, 0.2) is 0 Å². The van der Waals surface area contributed by atoms with E-state index in [1.807, 2.05) is 0 Å². The summed E-state index contributed by atoms with van der Waals surface area (Å²) >= 11 is 0. The van der Waals surface area contributed by atoms with Crippen LogP contribution in [0.2, 0.25) is 0 Å². The third-order valence-corrected chi connectivity index (χ3v) is 4.12. The van der Waals surface area contributed by atoms with Gasteiger partial charge in [-0.15, -0.1) is 0 Å². The zero-order valence-electron chi connectivity index (χ0n) is 12.1. The average molecular weight is 272 g/mol. The Kier molecular flexibility index (Phi) is 5.45. The highest BCUT2D eigenvalue weighted by atomic mass is 19.4. The second-order valence-corrected chi connectivity index (χ2v) is 5.81. The van der Waals surface area contributed by atoms with E-state index in [1.165, 1.54) is 12.1 Å². The quantitative estimate of drug-likeness (QED) is 0.657. The number of alkyl halides is 3.